The number of carbonyl (C=O) groups excluding carboxylic acids is 2. The Kier molecular flexibility index (Phi) is 4.61. The first-order valence-corrected chi connectivity index (χ1v) is 7.96. The van der Waals surface area contributed by atoms with Gasteiger partial charge in [-0.15, -0.1) is 0 Å². The van der Waals surface area contributed by atoms with Crippen LogP contribution in [0.25, 0.3) is 6.08 Å². The van der Waals surface area contributed by atoms with Crippen molar-refractivity contribution >= 4 is 17.8 Å². The van der Waals surface area contributed by atoms with Crippen LogP contribution in [0, 0.1) is 6.92 Å². The molecular formula is C19H18O6. The van der Waals surface area contributed by atoms with E-state index in [0.29, 0.717) is 22.8 Å². The lowest BCUT2D eigenvalue weighted by molar-refractivity contribution is -0.150. The van der Waals surface area contributed by atoms with Gasteiger partial charge in [-0.25, -0.2) is 4.79 Å². The highest BCUT2D eigenvalue weighted by Gasteiger charge is 2.28. The van der Waals surface area contributed by atoms with E-state index in [4.69, 9.17) is 18.6 Å². The molecule has 2 heterocycles. The minimum absolute atomic E-state index is 0.181. The van der Waals surface area contributed by atoms with Crippen LogP contribution in [0.1, 0.15) is 35.7 Å². The Balaban J connectivity index is 1.77. The van der Waals surface area contributed by atoms with Crippen LogP contribution in [0.15, 0.2) is 40.5 Å². The van der Waals surface area contributed by atoms with Crippen LogP contribution in [0.5, 0.6) is 11.5 Å². The number of benzene rings is 1. The summed E-state index contributed by atoms with van der Waals surface area (Å²) in [5.41, 5.74) is 0.436. The maximum atomic E-state index is 12.4. The standard InChI is InChI=1S/C19H18O6/c1-4-22-19(21)12(3)24-14-7-8-15-16(9-14)25-17(18(15)20)10-13-6-5-11(2)23-13/h5-10,12H,4H2,1-3H3/t12-/m0/s1. The fourth-order valence-electron chi connectivity index (χ4n) is 2.41. The van der Waals surface area contributed by atoms with Crippen molar-refractivity contribution in [2.75, 3.05) is 6.61 Å². The van der Waals surface area contributed by atoms with Gasteiger partial charge in [-0.2, -0.15) is 0 Å². The Morgan fingerprint density at radius 3 is 2.76 bits per heavy atom. The second-order valence-corrected chi connectivity index (χ2v) is 5.56. The molecule has 1 aromatic heterocycles. The molecule has 0 saturated carbocycles. The molecule has 1 aliphatic rings. The molecule has 0 fully saturated rings. The number of hydrogen-bond acceptors (Lipinski definition) is 6. The van der Waals surface area contributed by atoms with Crippen molar-refractivity contribution in [1.29, 1.82) is 0 Å². The molecule has 0 spiro atoms. The quantitative estimate of drug-likeness (QED) is 0.611. The van der Waals surface area contributed by atoms with Gasteiger partial charge in [0.1, 0.15) is 23.0 Å². The van der Waals surface area contributed by atoms with Gasteiger partial charge in [0.25, 0.3) is 0 Å². The molecule has 0 saturated heterocycles. The summed E-state index contributed by atoms with van der Waals surface area (Å²) in [5, 5.41) is 0. The van der Waals surface area contributed by atoms with Crippen molar-refractivity contribution in [2.45, 2.75) is 26.9 Å². The molecule has 0 unspecified atom stereocenters. The number of furan rings is 1. The molecule has 25 heavy (non-hydrogen) atoms. The van der Waals surface area contributed by atoms with Gasteiger partial charge in [0.2, 0.25) is 5.78 Å². The highest BCUT2D eigenvalue weighted by atomic mass is 16.6. The molecule has 0 aliphatic carbocycles. The minimum atomic E-state index is -0.754. The Hall–Kier alpha value is -3.02. The molecule has 1 aliphatic heterocycles. The number of aryl methyl sites for hydroxylation is 1. The molecule has 0 bridgehead atoms. The molecular weight excluding hydrogens is 324 g/mol. The van der Waals surface area contributed by atoms with E-state index in [-0.39, 0.29) is 18.1 Å². The van der Waals surface area contributed by atoms with Gasteiger partial charge in [0.15, 0.2) is 11.9 Å². The van der Waals surface area contributed by atoms with Crippen LogP contribution >= 0.6 is 0 Å². The highest BCUT2D eigenvalue weighted by molar-refractivity contribution is 6.14. The maximum absolute atomic E-state index is 12.4. The van der Waals surface area contributed by atoms with Gasteiger partial charge < -0.3 is 18.6 Å². The van der Waals surface area contributed by atoms with Gasteiger partial charge in [0, 0.05) is 12.1 Å². The second kappa shape index (κ2) is 6.84. The molecule has 6 nitrogen and oxygen atoms in total. The van der Waals surface area contributed by atoms with Crippen LogP contribution in [0.4, 0.5) is 0 Å². The van der Waals surface area contributed by atoms with E-state index in [1.807, 2.05) is 13.0 Å². The number of allylic oxidation sites excluding steroid dienone is 1. The van der Waals surface area contributed by atoms with Crippen molar-refractivity contribution in [3.8, 4) is 11.5 Å². The van der Waals surface area contributed by atoms with Crippen molar-refractivity contribution < 1.29 is 28.2 Å². The van der Waals surface area contributed by atoms with Gasteiger partial charge in [0.05, 0.1) is 12.2 Å². The summed E-state index contributed by atoms with van der Waals surface area (Å²) in [4.78, 5) is 24.0. The molecule has 2 aromatic rings. The number of esters is 1. The van der Waals surface area contributed by atoms with E-state index in [1.54, 1.807) is 44.2 Å². The predicted molar refractivity (Wildman–Crippen MR) is 89.5 cm³/mol. The van der Waals surface area contributed by atoms with E-state index >= 15 is 0 Å². The third-order valence-electron chi connectivity index (χ3n) is 3.61. The number of ether oxygens (including phenoxy) is 3. The fraction of sp³-hybridized carbons (Fsp3) is 0.263. The van der Waals surface area contributed by atoms with E-state index < -0.39 is 12.1 Å². The topological polar surface area (TPSA) is 75.0 Å². The Morgan fingerprint density at radius 1 is 1.28 bits per heavy atom. The zero-order valence-corrected chi connectivity index (χ0v) is 14.2. The monoisotopic (exact) mass is 342 g/mol. The van der Waals surface area contributed by atoms with Crippen molar-refractivity contribution in [2.24, 2.45) is 0 Å². The lowest BCUT2D eigenvalue weighted by atomic mass is 10.1. The number of ketones is 1. The van der Waals surface area contributed by atoms with Crippen molar-refractivity contribution in [3.05, 3.63) is 53.2 Å². The molecule has 6 heteroatoms. The van der Waals surface area contributed by atoms with Crippen molar-refractivity contribution in [1.82, 2.24) is 0 Å². The summed E-state index contributed by atoms with van der Waals surface area (Å²) in [6.45, 7) is 5.44. The van der Waals surface area contributed by atoms with Crippen LogP contribution in [-0.2, 0) is 9.53 Å². The number of Topliss-reactive ketones (excluding diaryl/α,β-unsaturated/α-hetero) is 1. The lowest BCUT2D eigenvalue weighted by Crippen LogP contribution is -2.26. The van der Waals surface area contributed by atoms with Gasteiger partial charge in [-0.3, -0.25) is 4.79 Å². The summed E-state index contributed by atoms with van der Waals surface area (Å²) in [6.07, 6.45) is 0.799. The first-order chi connectivity index (χ1) is 12.0. The fourth-order valence-corrected chi connectivity index (χ4v) is 2.41. The maximum Gasteiger partial charge on any atom is 0.347 e. The first kappa shape index (κ1) is 16.8. The SMILES string of the molecule is CCOC(=O)[C@H](C)Oc1ccc2c(c1)OC(=Cc1ccc(C)o1)C2=O. The van der Waals surface area contributed by atoms with E-state index in [9.17, 15) is 9.59 Å². The Bertz CT molecular complexity index is 845. The zero-order chi connectivity index (χ0) is 18.0. The third-order valence-corrected chi connectivity index (χ3v) is 3.61. The summed E-state index contributed by atoms with van der Waals surface area (Å²) < 4.78 is 21.5. The predicted octanol–water partition coefficient (Wildman–Crippen LogP) is 3.53. The highest BCUT2D eigenvalue weighted by Crippen LogP contribution is 2.35. The number of carbonyl (C=O) groups is 2. The average molecular weight is 342 g/mol. The van der Waals surface area contributed by atoms with E-state index in [0.717, 1.165) is 5.76 Å². The average Bonchev–Trinajstić information content (AvgIpc) is 3.11. The number of rotatable bonds is 5. The number of fused-ring (bicyclic) bond motifs is 1. The van der Waals surface area contributed by atoms with E-state index in [1.165, 1.54) is 0 Å². The third kappa shape index (κ3) is 3.57. The van der Waals surface area contributed by atoms with Gasteiger partial charge >= 0.3 is 5.97 Å². The summed E-state index contributed by atoms with van der Waals surface area (Å²) >= 11 is 0. The number of hydrogen-bond donors (Lipinski definition) is 0. The molecule has 3 rings (SSSR count). The van der Waals surface area contributed by atoms with Crippen molar-refractivity contribution in [3.63, 3.8) is 0 Å². The summed E-state index contributed by atoms with van der Waals surface area (Å²) in [5.74, 6) is 1.59. The van der Waals surface area contributed by atoms with Gasteiger partial charge in [-0.05, 0) is 45.0 Å². The molecule has 1 atom stereocenters. The first-order valence-electron chi connectivity index (χ1n) is 7.96. The van der Waals surface area contributed by atoms with Crippen LogP contribution < -0.4 is 9.47 Å². The molecule has 0 N–H and O–H groups in total. The largest absolute Gasteiger partial charge is 0.479 e. The molecule has 1 aromatic carbocycles. The van der Waals surface area contributed by atoms with Gasteiger partial charge in [-0.1, -0.05) is 0 Å². The van der Waals surface area contributed by atoms with Crippen LogP contribution in [0.3, 0.4) is 0 Å². The molecule has 0 amide bonds. The van der Waals surface area contributed by atoms with Crippen LogP contribution in [-0.4, -0.2) is 24.5 Å². The Labute approximate surface area is 145 Å². The second-order valence-electron chi connectivity index (χ2n) is 5.56. The lowest BCUT2D eigenvalue weighted by Gasteiger charge is -2.13. The normalized spacial score (nSPS) is 15.6. The Morgan fingerprint density at radius 2 is 2.08 bits per heavy atom. The summed E-state index contributed by atoms with van der Waals surface area (Å²) in [6, 6.07) is 8.38. The smallest absolute Gasteiger partial charge is 0.347 e. The van der Waals surface area contributed by atoms with E-state index in [2.05, 4.69) is 0 Å². The minimum Gasteiger partial charge on any atom is -0.479 e. The summed E-state index contributed by atoms with van der Waals surface area (Å²) in [7, 11) is 0. The zero-order valence-electron chi connectivity index (χ0n) is 14.2. The molecule has 130 valence electrons. The molecule has 0 radical (unpaired) electrons. The van der Waals surface area contributed by atoms with Crippen LogP contribution in [0.2, 0.25) is 0 Å².